The molecule has 0 aliphatic rings. The summed E-state index contributed by atoms with van der Waals surface area (Å²) in [5.74, 6) is 0.643. The van der Waals surface area contributed by atoms with Crippen LogP contribution in [-0.4, -0.2) is 43.8 Å². The Kier molecular flexibility index (Phi) is 7.92. The molecule has 0 saturated carbocycles. The molecule has 0 bridgehead atoms. The average molecular weight is 530 g/mol. The fourth-order valence-electron chi connectivity index (χ4n) is 4.46. The van der Waals surface area contributed by atoms with Gasteiger partial charge in [-0.15, -0.1) is 5.10 Å². The highest BCUT2D eigenvalue weighted by Crippen LogP contribution is 2.37. The molecule has 39 heavy (non-hydrogen) atoms. The molecule has 2 aromatic heterocycles. The SMILES string of the molecule is COc1c(CNC(C)C)cc(NC(=O)c2ccc(C)c(-n3cc(-c4cnn(C)c4C)nn3)c2)cc1C(C)(C)C. The van der Waals surface area contributed by atoms with Crippen molar-refractivity contribution in [2.45, 2.75) is 66.5 Å². The number of nitrogens with one attached hydrogen (secondary N) is 2. The number of amides is 1. The Morgan fingerprint density at radius 2 is 1.87 bits per heavy atom. The molecule has 2 heterocycles. The topological polar surface area (TPSA) is 98.9 Å². The van der Waals surface area contributed by atoms with Crippen LogP contribution in [0.3, 0.4) is 0 Å². The minimum absolute atomic E-state index is 0.173. The van der Waals surface area contributed by atoms with Gasteiger partial charge in [-0.3, -0.25) is 9.48 Å². The molecule has 4 aromatic rings. The zero-order chi connectivity index (χ0) is 28.5. The van der Waals surface area contributed by atoms with Crippen LogP contribution in [0.15, 0.2) is 42.7 Å². The summed E-state index contributed by atoms with van der Waals surface area (Å²) in [6.07, 6.45) is 3.65. The molecule has 0 saturated heterocycles. The Hall–Kier alpha value is -3.98. The summed E-state index contributed by atoms with van der Waals surface area (Å²) >= 11 is 0. The number of hydrogen-bond donors (Lipinski definition) is 2. The van der Waals surface area contributed by atoms with E-state index in [0.29, 0.717) is 18.2 Å². The van der Waals surface area contributed by atoms with Crippen LogP contribution in [0.25, 0.3) is 16.9 Å². The molecule has 206 valence electrons. The highest BCUT2D eigenvalue weighted by molar-refractivity contribution is 6.04. The summed E-state index contributed by atoms with van der Waals surface area (Å²) in [7, 11) is 3.59. The third kappa shape index (κ3) is 6.04. The van der Waals surface area contributed by atoms with Crippen molar-refractivity contribution in [3.8, 4) is 22.7 Å². The average Bonchev–Trinajstić information content (AvgIpc) is 3.48. The molecule has 0 atom stereocenters. The molecule has 9 heteroatoms. The third-order valence-electron chi connectivity index (χ3n) is 6.86. The maximum Gasteiger partial charge on any atom is 0.255 e. The summed E-state index contributed by atoms with van der Waals surface area (Å²) < 4.78 is 9.33. The van der Waals surface area contributed by atoms with E-state index in [-0.39, 0.29) is 11.3 Å². The number of ether oxygens (including phenoxy) is 1. The molecule has 0 radical (unpaired) electrons. The molecule has 2 aromatic carbocycles. The van der Waals surface area contributed by atoms with Crippen LogP contribution < -0.4 is 15.4 Å². The molecule has 4 rings (SSSR count). The van der Waals surface area contributed by atoms with Crippen molar-refractivity contribution in [3.05, 3.63) is 70.7 Å². The van der Waals surface area contributed by atoms with Crippen LogP contribution in [0.2, 0.25) is 0 Å². The van der Waals surface area contributed by atoms with E-state index in [1.54, 1.807) is 22.7 Å². The van der Waals surface area contributed by atoms with Gasteiger partial charge in [-0.1, -0.05) is 45.9 Å². The van der Waals surface area contributed by atoms with E-state index in [1.807, 2.05) is 57.4 Å². The van der Waals surface area contributed by atoms with Crippen molar-refractivity contribution >= 4 is 11.6 Å². The summed E-state index contributed by atoms with van der Waals surface area (Å²) in [5, 5.41) is 19.6. The van der Waals surface area contributed by atoms with Gasteiger partial charge in [0.25, 0.3) is 5.91 Å². The number of hydrogen-bond acceptors (Lipinski definition) is 6. The number of rotatable bonds is 8. The lowest BCUT2D eigenvalue weighted by Gasteiger charge is -2.26. The van der Waals surface area contributed by atoms with Gasteiger partial charge in [-0.25, -0.2) is 4.68 Å². The Morgan fingerprint density at radius 3 is 2.49 bits per heavy atom. The van der Waals surface area contributed by atoms with Gasteiger partial charge in [0.1, 0.15) is 11.4 Å². The van der Waals surface area contributed by atoms with Gasteiger partial charge in [-0.2, -0.15) is 5.10 Å². The van der Waals surface area contributed by atoms with E-state index in [2.05, 4.69) is 60.7 Å². The number of carbonyl (C=O) groups excluding carboxylic acids is 1. The predicted octanol–water partition coefficient (Wildman–Crippen LogP) is 5.34. The van der Waals surface area contributed by atoms with E-state index in [4.69, 9.17) is 4.74 Å². The van der Waals surface area contributed by atoms with Crippen molar-refractivity contribution in [1.29, 1.82) is 0 Å². The quantitative estimate of drug-likeness (QED) is 0.320. The van der Waals surface area contributed by atoms with Gasteiger partial charge >= 0.3 is 0 Å². The molecule has 1 amide bonds. The second-order valence-corrected chi connectivity index (χ2v) is 11.3. The smallest absolute Gasteiger partial charge is 0.255 e. The first kappa shape index (κ1) is 28.0. The van der Waals surface area contributed by atoms with E-state index in [0.717, 1.165) is 50.8 Å². The first-order valence-electron chi connectivity index (χ1n) is 13.2. The van der Waals surface area contributed by atoms with Gasteiger partial charge in [0.2, 0.25) is 0 Å². The predicted molar refractivity (Wildman–Crippen MR) is 155 cm³/mol. The maximum absolute atomic E-state index is 13.5. The van der Waals surface area contributed by atoms with Crippen LogP contribution >= 0.6 is 0 Å². The number of benzene rings is 2. The van der Waals surface area contributed by atoms with Crippen LogP contribution in [0, 0.1) is 13.8 Å². The van der Waals surface area contributed by atoms with Crippen molar-refractivity contribution in [2.75, 3.05) is 12.4 Å². The number of aromatic nitrogens is 5. The van der Waals surface area contributed by atoms with Gasteiger partial charge in [-0.05, 0) is 49.1 Å². The molecule has 0 unspecified atom stereocenters. The monoisotopic (exact) mass is 529 g/mol. The second-order valence-electron chi connectivity index (χ2n) is 11.3. The Bertz CT molecular complexity index is 1490. The van der Waals surface area contributed by atoms with E-state index < -0.39 is 0 Å². The molecular formula is C30H39N7O2. The summed E-state index contributed by atoms with van der Waals surface area (Å²) in [6.45, 7) is 15.2. The maximum atomic E-state index is 13.5. The fourth-order valence-corrected chi connectivity index (χ4v) is 4.46. The van der Waals surface area contributed by atoms with Gasteiger partial charge in [0.15, 0.2) is 0 Å². The molecule has 0 spiro atoms. The summed E-state index contributed by atoms with van der Waals surface area (Å²) in [5.41, 5.74) is 7.54. The van der Waals surface area contributed by atoms with Crippen LogP contribution in [-0.2, 0) is 19.0 Å². The lowest BCUT2D eigenvalue weighted by molar-refractivity contribution is 0.102. The Balaban J connectivity index is 1.65. The number of nitrogens with zero attached hydrogens (tertiary/aromatic N) is 5. The largest absolute Gasteiger partial charge is 0.496 e. The Labute approximate surface area is 230 Å². The lowest BCUT2D eigenvalue weighted by atomic mass is 9.84. The van der Waals surface area contributed by atoms with Crippen molar-refractivity contribution in [3.63, 3.8) is 0 Å². The molecule has 0 aliphatic carbocycles. The van der Waals surface area contributed by atoms with Crippen molar-refractivity contribution < 1.29 is 9.53 Å². The first-order valence-corrected chi connectivity index (χ1v) is 13.2. The van der Waals surface area contributed by atoms with E-state index >= 15 is 0 Å². The van der Waals surface area contributed by atoms with Crippen LogP contribution in [0.1, 0.15) is 67.4 Å². The zero-order valence-electron chi connectivity index (χ0n) is 24.4. The molecular weight excluding hydrogens is 490 g/mol. The minimum Gasteiger partial charge on any atom is -0.496 e. The molecule has 0 aliphatic heterocycles. The van der Waals surface area contributed by atoms with E-state index in [1.165, 1.54) is 0 Å². The normalized spacial score (nSPS) is 11.7. The van der Waals surface area contributed by atoms with Crippen molar-refractivity contribution in [2.24, 2.45) is 7.05 Å². The first-order chi connectivity index (χ1) is 18.4. The zero-order valence-corrected chi connectivity index (χ0v) is 24.4. The fraction of sp³-hybridized carbons (Fsp3) is 0.400. The molecule has 0 fully saturated rings. The number of carbonyl (C=O) groups is 1. The Morgan fingerprint density at radius 1 is 1.13 bits per heavy atom. The van der Waals surface area contributed by atoms with Gasteiger partial charge in [0, 0.05) is 53.3 Å². The molecule has 2 N–H and O–H groups in total. The van der Waals surface area contributed by atoms with Gasteiger partial charge in [0.05, 0.1) is 25.2 Å². The standard InChI is InChI=1S/C30H39N7O2/c1-18(2)31-15-22-12-23(14-25(28(22)39-9)30(5,6)7)33-29(38)21-11-10-19(3)27(13-21)37-17-26(34-35-37)24-16-32-36(8)20(24)4/h10-14,16-18,31H,15H2,1-9H3,(H,33,38). The summed E-state index contributed by atoms with van der Waals surface area (Å²) in [4.78, 5) is 13.5. The number of methoxy groups -OCH3 is 1. The van der Waals surface area contributed by atoms with Crippen LogP contribution in [0.4, 0.5) is 5.69 Å². The number of aryl methyl sites for hydroxylation is 2. The highest BCUT2D eigenvalue weighted by atomic mass is 16.5. The highest BCUT2D eigenvalue weighted by Gasteiger charge is 2.23. The summed E-state index contributed by atoms with van der Waals surface area (Å²) in [6, 6.07) is 9.90. The minimum atomic E-state index is -0.201. The van der Waals surface area contributed by atoms with E-state index in [9.17, 15) is 4.79 Å². The second kappa shape index (κ2) is 11.0. The third-order valence-corrected chi connectivity index (χ3v) is 6.86. The van der Waals surface area contributed by atoms with Crippen LogP contribution in [0.5, 0.6) is 5.75 Å². The van der Waals surface area contributed by atoms with Crippen molar-refractivity contribution in [1.82, 2.24) is 30.1 Å². The lowest BCUT2D eigenvalue weighted by Crippen LogP contribution is -2.23. The number of anilines is 1. The van der Waals surface area contributed by atoms with Gasteiger partial charge < -0.3 is 15.4 Å². The molecule has 9 nitrogen and oxygen atoms in total.